The van der Waals surface area contributed by atoms with Crippen LogP contribution in [-0.2, 0) is 4.74 Å². The summed E-state index contributed by atoms with van der Waals surface area (Å²) in [6, 6.07) is 9.19. The second-order valence-electron chi connectivity index (χ2n) is 7.48. The molecule has 0 atom stereocenters. The molecule has 0 saturated carbocycles. The highest BCUT2D eigenvalue weighted by molar-refractivity contribution is 5.98. The van der Waals surface area contributed by atoms with E-state index in [4.69, 9.17) is 9.15 Å². The molecule has 2 aromatic carbocycles. The van der Waals surface area contributed by atoms with Crippen molar-refractivity contribution in [3.05, 3.63) is 65.2 Å². The van der Waals surface area contributed by atoms with Crippen LogP contribution in [0.5, 0.6) is 0 Å². The molecule has 0 saturated heterocycles. The molecule has 0 radical (unpaired) electrons. The molecule has 0 amide bonds. The van der Waals surface area contributed by atoms with Gasteiger partial charge in [0.25, 0.3) is 5.89 Å². The van der Waals surface area contributed by atoms with Gasteiger partial charge in [0.15, 0.2) is 0 Å². The first-order valence-corrected chi connectivity index (χ1v) is 9.93. The number of carbonyl (C=O) groups excluding carboxylic acids is 1. The van der Waals surface area contributed by atoms with Gasteiger partial charge in [-0.1, -0.05) is 13.8 Å². The van der Waals surface area contributed by atoms with Crippen molar-refractivity contribution in [2.75, 3.05) is 6.61 Å². The highest BCUT2D eigenvalue weighted by atomic mass is 19.1. The molecule has 0 spiro atoms. The number of halogens is 2. The second kappa shape index (κ2) is 7.94. The molecule has 160 valence electrons. The third-order valence-corrected chi connectivity index (χ3v) is 5.00. The number of aryl methyl sites for hydroxylation is 1. The predicted octanol–water partition coefficient (Wildman–Crippen LogP) is 5.57. The average molecular weight is 425 g/mol. The van der Waals surface area contributed by atoms with Gasteiger partial charge in [0.2, 0.25) is 0 Å². The second-order valence-corrected chi connectivity index (χ2v) is 7.48. The Balaban J connectivity index is 2.03. The third kappa shape index (κ3) is 3.58. The number of hydrogen-bond donors (Lipinski definition) is 0. The van der Waals surface area contributed by atoms with Crippen LogP contribution in [0.4, 0.5) is 8.78 Å². The molecular weight excluding hydrogens is 404 g/mol. The van der Waals surface area contributed by atoms with Crippen LogP contribution in [-0.4, -0.2) is 27.3 Å². The quantitative estimate of drug-likeness (QED) is 0.391. The van der Waals surface area contributed by atoms with Gasteiger partial charge in [-0.15, -0.1) is 10.2 Å². The zero-order chi connectivity index (χ0) is 22.3. The molecular formula is C23H21F2N3O3. The molecule has 0 aliphatic rings. The molecule has 0 aliphatic heterocycles. The molecule has 0 unspecified atom stereocenters. The van der Waals surface area contributed by atoms with Crippen LogP contribution in [0.1, 0.15) is 48.6 Å². The van der Waals surface area contributed by atoms with E-state index in [0.717, 1.165) is 11.4 Å². The van der Waals surface area contributed by atoms with Crippen molar-refractivity contribution in [3.8, 4) is 17.1 Å². The summed E-state index contributed by atoms with van der Waals surface area (Å²) >= 11 is 0. The number of hydrogen-bond acceptors (Lipinski definition) is 5. The molecule has 2 heterocycles. The number of carbonyl (C=O) groups is 1. The summed E-state index contributed by atoms with van der Waals surface area (Å²) in [4.78, 5) is 12.0. The van der Waals surface area contributed by atoms with Crippen LogP contribution in [0.25, 0.3) is 28.0 Å². The van der Waals surface area contributed by atoms with Gasteiger partial charge in [0, 0.05) is 16.8 Å². The lowest BCUT2D eigenvalue weighted by Crippen LogP contribution is -2.04. The molecule has 31 heavy (non-hydrogen) atoms. The fourth-order valence-corrected chi connectivity index (χ4v) is 3.70. The maximum Gasteiger partial charge on any atom is 0.396 e. The van der Waals surface area contributed by atoms with Crippen LogP contribution < -0.4 is 0 Å². The Morgan fingerprint density at radius 2 is 1.94 bits per heavy atom. The van der Waals surface area contributed by atoms with Gasteiger partial charge < -0.3 is 13.7 Å². The Morgan fingerprint density at radius 1 is 1.16 bits per heavy atom. The number of ether oxygens (including phenoxy) is 1. The van der Waals surface area contributed by atoms with Crippen molar-refractivity contribution >= 4 is 16.9 Å². The summed E-state index contributed by atoms with van der Waals surface area (Å²) < 4.78 is 40.6. The maximum atomic E-state index is 14.2. The van der Waals surface area contributed by atoms with Crippen molar-refractivity contribution in [3.63, 3.8) is 0 Å². The van der Waals surface area contributed by atoms with Crippen LogP contribution >= 0.6 is 0 Å². The molecule has 8 heteroatoms. The van der Waals surface area contributed by atoms with E-state index in [1.807, 2.05) is 18.4 Å². The standard InChI is InChI=1S/C23H21F2N3O3/c1-5-30-23(29)22-27-26-21(31-22)19-16-11-14(24)6-9-18(16)28(20(19)12(2)3)15-7-8-17(25)13(4)10-15/h6-12H,5H2,1-4H3. The van der Waals surface area contributed by atoms with Gasteiger partial charge in [-0.2, -0.15) is 0 Å². The first kappa shape index (κ1) is 20.7. The van der Waals surface area contributed by atoms with Crippen LogP contribution in [0.15, 0.2) is 40.8 Å². The maximum absolute atomic E-state index is 14.2. The monoisotopic (exact) mass is 425 g/mol. The smallest absolute Gasteiger partial charge is 0.396 e. The van der Waals surface area contributed by atoms with Crippen LogP contribution in [0, 0.1) is 18.6 Å². The number of benzene rings is 2. The van der Waals surface area contributed by atoms with Gasteiger partial charge in [0.05, 0.1) is 17.7 Å². The average Bonchev–Trinajstić information content (AvgIpc) is 3.32. The van der Waals surface area contributed by atoms with Crippen molar-refractivity contribution < 1.29 is 22.7 Å². The van der Waals surface area contributed by atoms with Gasteiger partial charge >= 0.3 is 11.9 Å². The van der Waals surface area contributed by atoms with E-state index < -0.39 is 11.8 Å². The molecule has 4 aromatic rings. The lowest BCUT2D eigenvalue weighted by molar-refractivity contribution is 0.0481. The summed E-state index contributed by atoms with van der Waals surface area (Å²) in [7, 11) is 0. The molecule has 0 bridgehead atoms. The molecule has 0 fully saturated rings. The van der Waals surface area contributed by atoms with Crippen LogP contribution in [0.2, 0.25) is 0 Å². The van der Waals surface area contributed by atoms with Gasteiger partial charge in [-0.3, -0.25) is 0 Å². The number of fused-ring (bicyclic) bond motifs is 1. The summed E-state index contributed by atoms with van der Waals surface area (Å²) in [5.74, 6) is -1.71. The molecule has 2 aromatic heterocycles. The summed E-state index contributed by atoms with van der Waals surface area (Å²) in [6.07, 6.45) is 0. The number of esters is 1. The first-order chi connectivity index (χ1) is 14.8. The van der Waals surface area contributed by atoms with E-state index >= 15 is 0 Å². The largest absolute Gasteiger partial charge is 0.459 e. The normalized spacial score (nSPS) is 11.5. The zero-order valence-electron chi connectivity index (χ0n) is 17.6. The Labute approximate surface area is 177 Å². The number of aromatic nitrogens is 3. The van der Waals surface area contributed by atoms with Crippen molar-refractivity contribution in [2.45, 2.75) is 33.6 Å². The van der Waals surface area contributed by atoms with E-state index in [1.54, 1.807) is 32.0 Å². The van der Waals surface area contributed by atoms with Crippen molar-refractivity contribution in [2.24, 2.45) is 0 Å². The van der Waals surface area contributed by atoms with Gasteiger partial charge in [-0.05, 0) is 61.7 Å². The predicted molar refractivity (Wildman–Crippen MR) is 111 cm³/mol. The fourth-order valence-electron chi connectivity index (χ4n) is 3.70. The lowest BCUT2D eigenvalue weighted by Gasteiger charge is -2.15. The molecule has 4 rings (SSSR count). The SMILES string of the molecule is CCOC(=O)c1nnc(-c2c(C(C)C)n(-c3ccc(F)c(C)c3)c3ccc(F)cc23)o1. The van der Waals surface area contributed by atoms with E-state index in [2.05, 4.69) is 10.2 Å². The van der Waals surface area contributed by atoms with Crippen molar-refractivity contribution in [1.29, 1.82) is 0 Å². The minimum atomic E-state index is -0.726. The van der Waals surface area contributed by atoms with Crippen molar-refractivity contribution in [1.82, 2.24) is 14.8 Å². The molecule has 0 N–H and O–H groups in total. The van der Waals surface area contributed by atoms with Crippen LogP contribution in [0.3, 0.4) is 0 Å². The van der Waals surface area contributed by atoms with E-state index in [0.29, 0.717) is 22.0 Å². The van der Waals surface area contributed by atoms with E-state index in [-0.39, 0.29) is 30.1 Å². The summed E-state index contributed by atoms with van der Waals surface area (Å²) in [6.45, 7) is 7.48. The summed E-state index contributed by atoms with van der Waals surface area (Å²) in [5, 5.41) is 8.39. The van der Waals surface area contributed by atoms with E-state index in [9.17, 15) is 13.6 Å². The van der Waals surface area contributed by atoms with Gasteiger partial charge in [-0.25, -0.2) is 13.6 Å². The highest BCUT2D eigenvalue weighted by Crippen LogP contribution is 2.40. The first-order valence-electron chi connectivity index (χ1n) is 9.93. The summed E-state index contributed by atoms with van der Waals surface area (Å²) in [5.41, 5.74) is 3.19. The zero-order valence-corrected chi connectivity index (χ0v) is 17.6. The van der Waals surface area contributed by atoms with E-state index in [1.165, 1.54) is 18.2 Å². The lowest BCUT2D eigenvalue weighted by atomic mass is 10.0. The van der Waals surface area contributed by atoms with Gasteiger partial charge in [0.1, 0.15) is 11.6 Å². The Morgan fingerprint density at radius 3 is 2.61 bits per heavy atom. The minimum absolute atomic E-state index is 0.0474. The Bertz CT molecular complexity index is 1290. The number of rotatable bonds is 5. The number of nitrogens with zero attached hydrogens (tertiary/aromatic N) is 3. The Hall–Kier alpha value is -3.55. The highest BCUT2D eigenvalue weighted by Gasteiger charge is 2.27. The molecule has 0 aliphatic carbocycles. The fraction of sp³-hybridized carbons (Fsp3) is 0.261. The third-order valence-electron chi connectivity index (χ3n) is 5.00. The Kier molecular flexibility index (Phi) is 5.31. The topological polar surface area (TPSA) is 70.2 Å². The minimum Gasteiger partial charge on any atom is -0.459 e. The molecule has 6 nitrogen and oxygen atoms in total.